The average molecular weight is 561 g/mol. The van der Waals surface area contributed by atoms with Gasteiger partial charge in [-0.3, -0.25) is 0 Å². The summed E-state index contributed by atoms with van der Waals surface area (Å²) in [6.07, 6.45) is 0. The summed E-state index contributed by atoms with van der Waals surface area (Å²) in [6.45, 7) is 4.75. The van der Waals surface area contributed by atoms with Gasteiger partial charge in [-0.1, -0.05) is 135 Å². The van der Waals surface area contributed by atoms with Gasteiger partial charge in [0.2, 0.25) is 0 Å². The topological polar surface area (TPSA) is 13.1 Å². The molecule has 1 heterocycles. The van der Waals surface area contributed by atoms with Crippen LogP contribution >= 0.6 is 0 Å². The van der Waals surface area contributed by atoms with E-state index in [0.29, 0.717) is 0 Å². The zero-order valence-electron chi connectivity index (χ0n) is 24.6. The van der Waals surface area contributed by atoms with Crippen LogP contribution in [-0.4, -0.2) is 0 Å². The highest BCUT2D eigenvalue weighted by atomic mass is 16.3. The first kappa shape index (κ1) is 24.1. The lowest BCUT2D eigenvalue weighted by Gasteiger charge is -2.23. The van der Waals surface area contributed by atoms with Crippen molar-refractivity contribution in [3.05, 3.63) is 145 Å². The fourth-order valence-corrected chi connectivity index (χ4v) is 8.29. The van der Waals surface area contributed by atoms with Crippen LogP contribution in [-0.2, 0) is 5.41 Å². The molecule has 0 atom stereocenters. The third kappa shape index (κ3) is 2.99. The maximum atomic E-state index is 6.62. The summed E-state index contributed by atoms with van der Waals surface area (Å²) in [5.41, 5.74) is 12.2. The molecule has 206 valence electrons. The van der Waals surface area contributed by atoms with Crippen LogP contribution in [0.3, 0.4) is 0 Å². The third-order valence-corrected chi connectivity index (χ3v) is 10.2. The zero-order valence-corrected chi connectivity index (χ0v) is 24.6. The lowest BCUT2D eigenvalue weighted by atomic mass is 9.79. The first-order chi connectivity index (χ1) is 21.6. The molecular formula is C43H28O. The Hall–Kier alpha value is -5.40. The number of rotatable bonds is 2. The number of para-hydroxylation sites is 1. The lowest BCUT2D eigenvalue weighted by molar-refractivity contribution is 0.657. The van der Waals surface area contributed by atoms with Gasteiger partial charge in [-0.25, -0.2) is 0 Å². The van der Waals surface area contributed by atoms with Gasteiger partial charge in [0.1, 0.15) is 11.2 Å². The number of hydrogen-bond donors (Lipinski definition) is 0. The molecule has 0 N–H and O–H groups in total. The van der Waals surface area contributed by atoms with Gasteiger partial charge in [0.05, 0.1) is 0 Å². The molecular weight excluding hydrogens is 532 g/mol. The van der Waals surface area contributed by atoms with Crippen LogP contribution in [0.15, 0.2) is 138 Å². The molecule has 1 heteroatoms. The Balaban J connectivity index is 1.36. The summed E-state index contributed by atoms with van der Waals surface area (Å²) >= 11 is 0. The molecule has 8 aromatic carbocycles. The summed E-state index contributed by atoms with van der Waals surface area (Å²) in [7, 11) is 0. The summed E-state index contributed by atoms with van der Waals surface area (Å²) in [6, 6.07) is 49.0. The maximum absolute atomic E-state index is 6.62. The van der Waals surface area contributed by atoms with Crippen LogP contribution in [0.25, 0.3) is 87.6 Å². The minimum absolute atomic E-state index is 0.165. The van der Waals surface area contributed by atoms with Crippen molar-refractivity contribution in [2.24, 2.45) is 0 Å². The van der Waals surface area contributed by atoms with Gasteiger partial charge in [0.25, 0.3) is 0 Å². The Labute approximate surface area is 255 Å². The standard InChI is InChI=1S/C43H28O/c1-43(2)35-14-8-6-12-32(35)40-34(24-37-41(42(40)43)33-13-7-9-15-36(33)44-37)29-21-17-27-18-22-30-28(25-10-4-3-5-11-25)20-16-26-19-23-31(29)39(27)38(26)30/h3-24H,1-2H3. The van der Waals surface area contributed by atoms with E-state index in [0.717, 1.165) is 11.2 Å². The van der Waals surface area contributed by atoms with E-state index in [1.807, 2.05) is 0 Å². The van der Waals surface area contributed by atoms with E-state index in [4.69, 9.17) is 4.42 Å². The molecule has 1 aliphatic carbocycles. The number of benzene rings is 8. The van der Waals surface area contributed by atoms with Gasteiger partial charge in [-0.05, 0) is 89.0 Å². The van der Waals surface area contributed by atoms with E-state index in [-0.39, 0.29) is 5.41 Å². The molecule has 0 fully saturated rings. The van der Waals surface area contributed by atoms with Crippen molar-refractivity contribution in [3.63, 3.8) is 0 Å². The van der Waals surface area contributed by atoms with E-state index in [1.165, 1.54) is 87.6 Å². The number of hydrogen-bond acceptors (Lipinski definition) is 1. The highest BCUT2D eigenvalue weighted by Gasteiger charge is 2.40. The minimum Gasteiger partial charge on any atom is -0.456 e. The lowest BCUT2D eigenvalue weighted by Crippen LogP contribution is -2.15. The van der Waals surface area contributed by atoms with Gasteiger partial charge in [-0.15, -0.1) is 0 Å². The molecule has 0 saturated carbocycles. The molecule has 1 aliphatic rings. The van der Waals surface area contributed by atoms with Crippen LogP contribution in [0.5, 0.6) is 0 Å². The highest BCUT2D eigenvalue weighted by Crippen LogP contribution is 2.57. The molecule has 44 heavy (non-hydrogen) atoms. The van der Waals surface area contributed by atoms with Crippen molar-refractivity contribution < 1.29 is 4.42 Å². The van der Waals surface area contributed by atoms with Crippen LogP contribution in [0, 0.1) is 0 Å². The maximum Gasteiger partial charge on any atom is 0.136 e. The van der Waals surface area contributed by atoms with Crippen molar-refractivity contribution in [1.29, 1.82) is 0 Å². The minimum atomic E-state index is -0.165. The van der Waals surface area contributed by atoms with Gasteiger partial charge >= 0.3 is 0 Å². The molecule has 0 spiro atoms. The molecule has 9 aromatic rings. The Kier molecular flexibility index (Phi) is 4.58. The van der Waals surface area contributed by atoms with E-state index in [1.54, 1.807) is 0 Å². The fourth-order valence-electron chi connectivity index (χ4n) is 8.29. The molecule has 0 aliphatic heterocycles. The molecule has 1 aromatic heterocycles. The molecule has 0 bridgehead atoms. The predicted molar refractivity (Wildman–Crippen MR) is 186 cm³/mol. The van der Waals surface area contributed by atoms with E-state index in [2.05, 4.69) is 147 Å². The Morgan fingerprint density at radius 2 is 1.09 bits per heavy atom. The molecule has 10 rings (SSSR count). The molecule has 0 unspecified atom stereocenters. The first-order valence-electron chi connectivity index (χ1n) is 15.4. The molecule has 0 saturated heterocycles. The average Bonchev–Trinajstić information content (AvgIpc) is 3.55. The summed E-state index contributed by atoms with van der Waals surface area (Å²) < 4.78 is 6.62. The van der Waals surface area contributed by atoms with E-state index < -0.39 is 0 Å². The van der Waals surface area contributed by atoms with Gasteiger partial charge in [0.15, 0.2) is 0 Å². The second kappa shape index (κ2) is 8.36. The monoisotopic (exact) mass is 560 g/mol. The fraction of sp³-hybridized carbons (Fsp3) is 0.0698. The van der Waals surface area contributed by atoms with Crippen LogP contribution in [0.2, 0.25) is 0 Å². The smallest absolute Gasteiger partial charge is 0.136 e. The zero-order chi connectivity index (χ0) is 29.2. The van der Waals surface area contributed by atoms with Crippen molar-refractivity contribution in [3.8, 4) is 33.4 Å². The Morgan fingerprint density at radius 3 is 1.89 bits per heavy atom. The van der Waals surface area contributed by atoms with Crippen molar-refractivity contribution in [1.82, 2.24) is 0 Å². The van der Waals surface area contributed by atoms with E-state index in [9.17, 15) is 0 Å². The normalized spacial score (nSPS) is 13.9. The third-order valence-electron chi connectivity index (χ3n) is 10.2. The number of fused-ring (bicyclic) bond motifs is 7. The second-order valence-corrected chi connectivity index (χ2v) is 12.8. The molecule has 1 nitrogen and oxygen atoms in total. The first-order valence-corrected chi connectivity index (χ1v) is 15.4. The highest BCUT2D eigenvalue weighted by molar-refractivity contribution is 6.28. The van der Waals surface area contributed by atoms with Crippen molar-refractivity contribution >= 4 is 54.3 Å². The summed E-state index contributed by atoms with van der Waals surface area (Å²) in [5.74, 6) is 0. The van der Waals surface area contributed by atoms with Gasteiger partial charge in [-0.2, -0.15) is 0 Å². The van der Waals surface area contributed by atoms with Gasteiger partial charge < -0.3 is 4.42 Å². The predicted octanol–water partition coefficient (Wildman–Crippen LogP) is 12.1. The van der Waals surface area contributed by atoms with Crippen LogP contribution in [0.4, 0.5) is 0 Å². The van der Waals surface area contributed by atoms with Crippen LogP contribution < -0.4 is 0 Å². The molecule has 0 radical (unpaired) electrons. The Morgan fingerprint density at radius 1 is 0.455 bits per heavy atom. The second-order valence-electron chi connectivity index (χ2n) is 12.8. The summed E-state index contributed by atoms with van der Waals surface area (Å²) in [4.78, 5) is 0. The largest absolute Gasteiger partial charge is 0.456 e. The quantitative estimate of drug-likeness (QED) is 0.192. The Bertz CT molecular complexity index is 2620. The summed E-state index contributed by atoms with van der Waals surface area (Å²) in [5, 5.41) is 10.2. The number of furan rings is 1. The van der Waals surface area contributed by atoms with Crippen molar-refractivity contribution in [2.45, 2.75) is 19.3 Å². The van der Waals surface area contributed by atoms with Gasteiger partial charge in [0, 0.05) is 16.2 Å². The van der Waals surface area contributed by atoms with E-state index >= 15 is 0 Å². The van der Waals surface area contributed by atoms with Crippen LogP contribution in [0.1, 0.15) is 25.0 Å². The SMILES string of the molecule is CC1(C)c2ccccc2-c2c(-c3ccc4ccc5c(-c6ccccc6)ccc6ccc3c4c65)cc3oc4ccccc4c3c21. The van der Waals surface area contributed by atoms with Crippen molar-refractivity contribution in [2.75, 3.05) is 0 Å². The molecule has 0 amide bonds.